The van der Waals surface area contributed by atoms with E-state index in [0.29, 0.717) is 33.1 Å². The Labute approximate surface area is 225 Å². The van der Waals surface area contributed by atoms with Crippen LogP contribution in [0.2, 0.25) is 5.02 Å². The summed E-state index contributed by atoms with van der Waals surface area (Å²) in [6.07, 6.45) is 0. The molecule has 198 valence electrons. The molecule has 0 spiro atoms. The van der Waals surface area contributed by atoms with Gasteiger partial charge in [-0.15, -0.1) is 0 Å². The topological polar surface area (TPSA) is 111 Å². The first-order valence-corrected chi connectivity index (χ1v) is 12.4. The molecule has 0 fully saturated rings. The molecule has 1 atom stereocenters. The number of hydrogen-bond donors (Lipinski definition) is 1. The van der Waals surface area contributed by atoms with Crippen LogP contribution in [0.25, 0.3) is 0 Å². The Morgan fingerprint density at radius 1 is 0.974 bits per heavy atom. The van der Waals surface area contributed by atoms with E-state index in [1.54, 1.807) is 62.4 Å². The van der Waals surface area contributed by atoms with Gasteiger partial charge in [-0.2, -0.15) is 0 Å². The molecule has 9 nitrogen and oxygen atoms in total. The number of nitrogens with zero attached hydrogens (tertiary/aromatic N) is 1. The number of esters is 2. The van der Waals surface area contributed by atoms with Crippen LogP contribution in [0, 0.1) is 0 Å². The van der Waals surface area contributed by atoms with Gasteiger partial charge in [-0.25, -0.2) is 9.59 Å². The van der Waals surface area contributed by atoms with Crippen LogP contribution >= 0.6 is 11.6 Å². The number of hydrogen-bond acceptors (Lipinski definition) is 8. The Balaban J connectivity index is 1.61. The molecule has 2 heterocycles. The molecular weight excluding hydrogens is 512 g/mol. The predicted molar refractivity (Wildman–Crippen MR) is 138 cm³/mol. The highest BCUT2D eigenvalue weighted by molar-refractivity contribution is 6.31. The highest BCUT2D eigenvalue weighted by atomic mass is 35.5. The molecule has 2 aliphatic rings. The summed E-state index contributed by atoms with van der Waals surface area (Å²) in [5.41, 5.74) is 2.47. The van der Waals surface area contributed by atoms with Crippen LogP contribution in [0.3, 0.4) is 0 Å². The first-order valence-electron chi connectivity index (χ1n) is 12.0. The predicted octanol–water partition coefficient (Wildman–Crippen LogP) is 3.60. The number of benzene rings is 2. The van der Waals surface area contributed by atoms with Crippen LogP contribution in [0.1, 0.15) is 46.0 Å². The van der Waals surface area contributed by atoms with E-state index in [0.717, 1.165) is 4.90 Å². The summed E-state index contributed by atoms with van der Waals surface area (Å²) in [5.74, 6) is -2.88. The van der Waals surface area contributed by atoms with E-state index >= 15 is 0 Å². The maximum atomic E-state index is 13.2. The number of carbonyl (C=O) groups is 4. The van der Waals surface area contributed by atoms with Crippen LogP contribution in [0.5, 0.6) is 0 Å². The van der Waals surface area contributed by atoms with E-state index in [1.807, 2.05) is 0 Å². The summed E-state index contributed by atoms with van der Waals surface area (Å²) >= 11 is 6.51. The number of allylic oxidation sites excluding steroid dienone is 1. The van der Waals surface area contributed by atoms with Crippen LogP contribution in [-0.2, 0) is 23.8 Å². The van der Waals surface area contributed by atoms with Gasteiger partial charge in [-0.3, -0.25) is 14.5 Å². The number of rotatable bonds is 9. The Bertz CT molecular complexity index is 1330. The lowest BCUT2D eigenvalue weighted by atomic mass is 9.80. The molecule has 0 unspecified atom stereocenters. The zero-order valence-corrected chi connectivity index (χ0v) is 22.0. The molecule has 0 bridgehead atoms. The molecule has 0 saturated carbocycles. The Morgan fingerprint density at radius 2 is 1.61 bits per heavy atom. The van der Waals surface area contributed by atoms with Crippen LogP contribution in [0.15, 0.2) is 71.1 Å². The molecule has 2 aliphatic heterocycles. The highest BCUT2D eigenvalue weighted by Gasteiger charge is 2.40. The molecule has 2 aromatic carbocycles. The van der Waals surface area contributed by atoms with Crippen molar-refractivity contribution >= 4 is 35.4 Å². The lowest BCUT2D eigenvalue weighted by Gasteiger charge is -2.31. The summed E-state index contributed by atoms with van der Waals surface area (Å²) in [5, 5.41) is 3.45. The van der Waals surface area contributed by atoms with Crippen molar-refractivity contribution in [2.75, 3.05) is 33.5 Å². The van der Waals surface area contributed by atoms with Crippen molar-refractivity contribution in [2.45, 2.75) is 19.8 Å². The van der Waals surface area contributed by atoms with Gasteiger partial charge in [0.05, 0.1) is 67.4 Å². The first-order chi connectivity index (χ1) is 18.3. The van der Waals surface area contributed by atoms with Gasteiger partial charge in [0.2, 0.25) is 0 Å². The van der Waals surface area contributed by atoms with Gasteiger partial charge < -0.3 is 19.5 Å². The molecule has 1 N–H and O–H groups in total. The molecule has 0 saturated heterocycles. The number of fused-ring (bicyclic) bond motifs is 1. The summed E-state index contributed by atoms with van der Waals surface area (Å²) in [4.78, 5) is 52.4. The Hall–Kier alpha value is -3.95. The van der Waals surface area contributed by atoms with Crippen molar-refractivity contribution in [1.29, 1.82) is 0 Å². The average molecular weight is 539 g/mol. The minimum absolute atomic E-state index is 0.0239. The second-order valence-corrected chi connectivity index (χ2v) is 8.99. The third-order valence-corrected chi connectivity index (χ3v) is 6.69. The SMILES string of the molecule is CCOC(=O)C1=C(COCCN2C(=O)c3ccccc3C2=O)NC(C)=C(C(=O)OC)[C@@H]1c1ccccc1Cl. The number of carbonyl (C=O) groups excluding carboxylic acids is 4. The van der Waals surface area contributed by atoms with Gasteiger partial charge in [-0.1, -0.05) is 41.9 Å². The van der Waals surface area contributed by atoms with Gasteiger partial charge in [0.25, 0.3) is 11.8 Å². The van der Waals surface area contributed by atoms with E-state index in [1.165, 1.54) is 7.11 Å². The molecular formula is C28H27ClN2O7. The van der Waals surface area contributed by atoms with Crippen LogP contribution in [0.4, 0.5) is 0 Å². The summed E-state index contributed by atoms with van der Waals surface area (Å²) in [7, 11) is 1.26. The average Bonchev–Trinajstić information content (AvgIpc) is 3.15. The maximum Gasteiger partial charge on any atom is 0.336 e. The molecule has 0 aliphatic carbocycles. The van der Waals surface area contributed by atoms with Crippen LogP contribution in [-0.4, -0.2) is 62.1 Å². The van der Waals surface area contributed by atoms with Crippen molar-refractivity contribution in [1.82, 2.24) is 10.2 Å². The third kappa shape index (κ3) is 5.07. The number of halogens is 1. The molecule has 2 amide bonds. The molecule has 10 heteroatoms. The van der Waals surface area contributed by atoms with E-state index in [-0.39, 0.29) is 49.3 Å². The zero-order valence-electron chi connectivity index (χ0n) is 21.2. The second kappa shape index (κ2) is 11.6. The lowest BCUT2D eigenvalue weighted by molar-refractivity contribution is -0.139. The largest absolute Gasteiger partial charge is 0.466 e. The Kier molecular flexibility index (Phi) is 8.29. The maximum absolute atomic E-state index is 13.2. The highest BCUT2D eigenvalue weighted by Crippen LogP contribution is 2.41. The van der Waals surface area contributed by atoms with Gasteiger partial charge >= 0.3 is 11.9 Å². The quantitative estimate of drug-likeness (QED) is 0.293. The van der Waals surface area contributed by atoms with Gasteiger partial charge in [0.1, 0.15) is 0 Å². The van der Waals surface area contributed by atoms with E-state index < -0.39 is 17.9 Å². The first kappa shape index (κ1) is 27.1. The van der Waals surface area contributed by atoms with Crippen molar-refractivity contribution < 1.29 is 33.4 Å². The number of dihydropyridines is 1. The smallest absolute Gasteiger partial charge is 0.336 e. The molecule has 4 rings (SSSR count). The fourth-order valence-corrected chi connectivity index (χ4v) is 4.88. The molecule has 2 aromatic rings. The number of amides is 2. The number of methoxy groups -OCH3 is 1. The van der Waals surface area contributed by atoms with Crippen molar-refractivity contribution in [2.24, 2.45) is 0 Å². The minimum atomic E-state index is -0.869. The fraction of sp³-hybridized carbons (Fsp3) is 0.286. The summed E-state index contributed by atoms with van der Waals surface area (Å²) < 4.78 is 16.2. The minimum Gasteiger partial charge on any atom is -0.466 e. The lowest BCUT2D eigenvalue weighted by Crippen LogP contribution is -2.36. The van der Waals surface area contributed by atoms with E-state index in [2.05, 4.69) is 5.32 Å². The van der Waals surface area contributed by atoms with Crippen LogP contribution < -0.4 is 5.32 Å². The van der Waals surface area contributed by atoms with Crippen molar-refractivity contribution in [3.05, 3.63) is 92.8 Å². The molecule has 0 radical (unpaired) electrons. The number of ether oxygens (including phenoxy) is 3. The number of nitrogens with one attached hydrogen (secondary N) is 1. The van der Waals surface area contributed by atoms with E-state index in [4.69, 9.17) is 25.8 Å². The van der Waals surface area contributed by atoms with E-state index in [9.17, 15) is 19.2 Å². The number of imide groups is 1. The standard InChI is InChI=1S/C28H27ClN2O7/c1-4-38-28(35)24-21(15-37-14-13-31-25(32)17-9-5-6-10-18(17)26(31)33)30-16(2)22(27(34)36-3)23(24)19-11-7-8-12-20(19)29/h5-12,23,30H,4,13-15H2,1-3H3/t23-/m0/s1. The third-order valence-electron chi connectivity index (χ3n) is 6.35. The fourth-order valence-electron chi connectivity index (χ4n) is 4.63. The molecule has 38 heavy (non-hydrogen) atoms. The monoisotopic (exact) mass is 538 g/mol. The van der Waals surface area contributed by atoms with Gasteiger partial charge in [0, 0.05) is 10.7 Å². The van der Waals surface area contributed by atoms with Crippen molar-refractivity contribution in [3.8, 4) is 0 Å². The zero-order chi connectivity index (χ0) is 27.4. The summed E-state index contributed by atoms with van der Waals surface area (Å²) in [6.45, 7) is 3.46. The van der Waals surface area contributed by atoms with Gasteiger partial charge in [-0.05, 0) is 37.6 Å². The summed E-state index contributed by atoms with van der Waals surface area (Å²) in [6, 6.07) is 13.5. The van der Waals surface area contributed by atoms with Crippen molar-refractivity contribution in [3.63, 3.8) is 0 Å². The molecule has 0 aromatic heterocycles. The Morgan fingerprint density at radius 3 is 2.21 bits per heavy atom. The van der Waals surface area contributed by atoms with Gasteiger partial charge in [0.15, 0.2) is 0 Å². The normalized spacial score (nSPS) is 16.9. The second-order valence-electron chi connectivity index (χ2n) is 8.58.